The van der Waals surface area contributed by atoms with E-state index >= 15 is 0 Å². The number of likely N-dealkylation sites (N-methyl/N-ethyl adjacent to an activating group) is 1. The van der Waals surface area contributed by atoms with Crippen molar-refractivity contribution in [2.24, 2.45) is 0 Å². The molecule has 1 N–H and O–H groups in total. The van der Waals surface area contributed by atoms with E-state index in [9.17, 15) is 5.11 Å². The average Bonchev–Trinajstić information content (AvgIpc) is 2.36. The molecule has 0 aliphatic carbocycles. The van der Waals surface area contributed by atoms with Gasteiger partial charge in [0.1, 0.15) is 0 Å². The zero-order valence-corrected chi connectivity index (χ0v) is 11.5. The SMILES string of the molecule is CCC(C)N1CC(CO)N(C)CCC1(C)C. The summed E-state index contributed by atoms with van der Waals surface area (Å²) in [4.78, 5) is 4.86. The van der Waals surface area contributed by atoms with Crippen LogP contribution in [0, 0.1) is 0 Å². The van der Waals surface area contributed by atoms with Gasteiger partial charge in [0.15, 0.2) is 0 Å². The van der Waals surface area contributed by atoms with Gasteiger partial charge in [-0.05, 0) is 40.7 Å². The van der Waals surface area contributed by atoms with Crippen molar-refractivity contribution in [2.75, 3.05) is 26.7 Å². The first-order valence-corrected chi connectivity index (χ1v) is 6.50. The second-order valence-corrected chi connectivity index (χ2v) is 5.79. The molecule has 16 heavy (non-hydrogen) atoms. The molecular weight excluding hydrogens is 200 g/mol. The lowest BCUT2D eigenvalue weighted by molar-refractivity contribution is 0.0582. The second kappa shape index (κ2) is 5.48. The molecule has 96 valence electrons. The van der Waals surface area contributed by atoms with Crippen LogP contribution in [0.15, 0.2) is 0 Å². The maximum Gasteiger partial charge on any atom is 0.0599 e. The first kappa shape index (κ1) is 13.9. The predicted octanol–water partition coefficient (Wildman–Crippen LogP) is 1.56. The Balaban J connectivity index is 2.84. The van der Waals surface area contributed by atoms with Crippen molar-refractivity contribution < 1.29 is 5.11 Å². The first-order valence-electron chi connectivity index (χ1n) is 6.50. The highest BCUT2D eigenvalue weighted by Gasteiger charge is 2.35. The topological polar surface area (TPSA) is 26.7 Å². The van der Waals surface area contributed by atoms with Crippen molar-refractivity contribution in [3.8, 4) is 0 Å². The molecule has 0 spiro atoms. The van der Waals surface area contributed by atoms with E-state index in [-0.39, 0.29) is 18.2 Å². The molecule has 0 aromatic heterocycles. The van der Waals surface area contributed by atoms with Gasteiger partial charge in [-0.2, -0.15) is 0 Å². The van der Waals surface area contributed by atoms with Gasteiger partial charge in [-0.25, -0.2) is 0 Å². The molecule has 1 aliphatic rings. The first-order chi connectivity index (χ1) is 7.42. The zero-order valence-electron chi connectivity index (χ0n) is 11.5. The lowest BCUT2D eigenvalue weighted by Gasteiger charge is -2.42. The van der Waals surface area contributed by atoms with Crippen LogP contribution < -0.4 is 0 Å². The van der Waals surface area contributed by atoms with Crippen LogP contribution in [0.4, 0.5) is 0 Å². The quantitative estimate of drug-likeness (QED) is 0.794. The maximum absolute atomic E-state index is 9.46. The molecule has 1 heterocycles. The van der Waals surface area contributed by atoms with Crippen LogP contribution in [0.2, 0.25) is 0 Å². The van der Waals surface area contributed by atoms with E-state index in [1.54, 1.807) is 0 Å². The predicted molar refractivity (Wildman–Crippen MR) is 68.7 cm³/mol. The molecule has 1 saturated heterocycles. The normalized spacial score (nSPS) is 30.0. The van der Waals surface area contributed by atoms with Crippen molar-refractivity contribution in [2.45, 2.75) is 58.2 Å². The van der Waals surface area contributed by atoms with Gasteiger partial charge in [0, 0.05) is 30.7 Å². The summed E-state index contributed by atoms with van der Waals surface area (Å²) >= 11 is 0. The summed E-state index contributed by atoms with van der Waals surface area (Å²) in [7, 11) is 2.12. The molecule has 0 amide bonds. The maximum atomic E-state index is 9.46. The molecule has 0 aromatic rings. The van der Waals surface area contributed by atoms with E-state index in [1.807, 2.05) is 0 Å². The molecule has 3 heteroatoms. The minimum absolute atomic E-state index is 0.244. The van der Waals surface area contributed by atoms with Crippen molar-refractivity contribution in [3.05, 3.63) is 0 Å². The summed E-state index contributed by atoms with van der Waals surface area (Å²) in [5.74, 6) is 0. The summed E-state index contributed by atoms with van der Waals surface area (Å²) in [6.45, 7) is 11.5. The van der Waals surface area contributed by atoms with Gasteiger partial charge in [-0.3, -0.25) is 9.80 Å². The summed E-state index contributed by atoms with van der Waals surface area (Å²) in [5, 5.41) is 9.46. The number of rotatable bonds is 3. The minimum Gasteiger partial charge on any atom is -0.395 e. The molecule has 0 aromatic carbocycles. The van der Waals surface area contributed by atoms with Crippen LogP contribution >= 0.6 is 0 Å². The van der Waals surface area contributed by atoms with Crippen molar-refractivity contribution in [1.29, 1.82) is 0 Å². The van der Waals surface area contributed by atoms with Gasteiger partial charge >= 0.3 is 0 Å². The Morgan fingerprint density at radius 1 is 1.44 bits per heavy atom. The van der Waals surface area contributed by atoms with Gasteiger partial charge in [-0.1, -0.05) is 6.92 Å². The van der Waals surface area contributed by atoms with Gasteiger partial charge in [0.25, 0.3) is 0 Å². The standard InChI is InChI=1S/C13H28N2O/c1-6-11(2)15-9-12(10-16)14(5)8-7-13(15,3)4/h11-12,16H,6-10H2,1-5H3. The molecule has 0 saturated carbocycles. The van der Waals surface area contributed by atoms with Crippen molar-refractivity contribution >= 4 is 0 Å². The van der Waals surface area contributed by atoms with E-state index in [1.165, 1.54) is 12.8 Å². The molecule has 3 nitrogen and oxygen atoms in total. The molecule has 0 bridgehead atoms. The number of aliphatic hydroxyl groups is 1. The number of hydrogen-bond acceptors (Lipinski definition) is 3. The number of hydrogen-bond donors (Lipinski definition) is 1. The highest BCUT2D eigenvalue weighted by Crippen LogP contribution is 2.27. The van der Waals surface area contributed by atoms with E-state index in [0.29, 0.717) is 6.04 Å². The minimum atomic E-state index is 0.244. The molecule has 1 fully saturated rings. The summed E-state index contributed by atoms with van der Waals surface area (Å²) in [6, 6.07) is 0.881. The highest BCUT2D eigenvalue weighted by atomic mass is 16.3. The molecular formula is C13H28N2O. The van der Waals surface area contributed by atoms with Crippen LogP contribution in [-0.4, -0.2) is 59.3 Å². The smallest absolute Gasteiger partial charge is 0.0599 e. The van der Waals surface area contributed by atoms with Gasteiger partial charge < -0.3 is 5.11 Å². The molecule has 2 unspecified atom stereocenters. The Kier molecular flexibility index (Phi) is 4.77. The lowest BCUT2D eigenvalue weighted by atomic mass is 9.96. The third kappa shape index (κ3) is 2.96. The number of aliphatic hydroxyl groups excluding tert-OH is 1. The van der Waals surface area contributed by atoms with Crippen molar-refractivity contribution in [1.82, 2.24) is 9.80 Å². The lowest BCUT2D eigenvalue weighted by Crippen LogP contribution is -2.51. The monoisotopic (exact) mass is 228 g/mol. The Hall–Kier alpha value is -0.120. The molecule has 0 radical (unpaired) electrons. The molecule has 1 aliphatic heterocycles. The van der Waals surface area contributed by atoms with E-state index in [2.05, 4.69) is 44.5 Å². The zero-order chi connectivity index (χ0) is 12.3. The van der Waals surface area contributed by atoms with Crippen LogP contribution in [0.5, 0.6) is 0 Å². The van der Waals surface area contributed by atoms with Gasteiger partial charge in [-0.15, -0.1) is 0 Å². The van der Waals surface area contributed by atoms with Gasteiger partial charge in [0.2, 0.25) is 0 Å². The fraction of sp³-hybridized carbons (Fsp3) is 1.00. The summed E-state index contributed by atoms with van der Waals surface area (Å²) in [5.41, 5.74) is 0.244. The third-order valence-electron chi connectivity index (χ3n) is 4.22. The van der Waals surface area contributed by atoms with Crippen LogP contribution in [0.25, 0.3) is 0 Å². The van der Waals surface area contributed by atoms with Gasteiger partial charge in [0.05, 0.1) is 6.61 Å². The molecule has 1 rings (SSSR count). The van der Waals surface area contributed by atoms with E-state index in [4.69, 9.17) is 0 Å². The Morgan fingerprint density at radius 2 is 2.06 bits per heavy atom. The summed E-state index contributed by atoms with van der Waals surface area (Å²) in [6.07, 6.45) is 2.34. The Labute approximate surface area is 100 Å². The fourth-order valence-corrected chi connectivity index (χ4v) is 2.58. The third-order valence-corrected chi connectivity index (χ3v) is 4.22. The largest absolute Gasteiger partial charge is 0.395 e. The second-order valence-electron chi connectivity index (χ2n) is 5.79. The van der Waals surface area contributed by atoms with Crippen LogP contribution in [-0.2, 0) is 0 Å². The number of nitrogens with zero attached hydrogens (tertiary/aromatic N) is 2. The molecule has 2 atom stereocenters. The van der Waals surface area contributed by atoms with Crippen LogP contribution in [0.1, 0.15) is 40.5 Å². The summed E-state index contributed by atoms with van der Waals surface area (Å²) < 4.78 is 0. The van der Waals surface area contributed by atoms with Crippen molar-refractivity contribution in [3.63, 3.8) is 0 Å². The Bertz CT molecular complexity index is 218. The Morgan fingerprint density at radius 3 is 2.56 bits per heavy atom. The average molecular weight is 228 g/mol. The highest BCUT2D eigenvalue weighted by molar-refractivity contribution is 4.92. The van der Waals surface area contributed by atoms with E-state index < -0.39 is 0 Å². The fourth-order valence-electron chi connectivity index (χ4n) is 2.58. The van der Waals surface area contributed by atoms with Crippen LogP contribution in [0.3, 0.4) is 0 Å². The van der Waals surface area contributed by atoms with E-state index in [0.717, 1.165) is 13.1 Å².